The molecule has 0 radical (unpaired) electrons. The number of amides is 1. The zero-order chi connectivity index (χ0) is 13.7. The largest absolute Gasteiger partial charge is 0.394 e. The summed E-state index contributed by atoms with van der Waals surface area (Å²) in [6, 6.07) is 11.0. The zero-order valence-corrected chi connectivity index (χ0v) is 10.8. The van der Waals surface area contributed by atoms with Gasteiger partial charge in [-0.15, -0.1) is 0 Å². The summed E-state index contributed by atoms with van der Waals surface area (Å²) in [5.41, 5.74) is -0.0493. The Morgan fingerprint density at radius 2 is 2.00 bits per heavy atom. The van der Waals surface area contributed by atoms with Gasteiger partial charge in [0.2, 0.25) is 5.91 Å². The number of nitrogens with zero attached hydrogens (tertiary/aromatic N) is 1. The van der Waals surface area contributed by atoms with Crippen molar-refractivity contribution in [3.8, 4) is 6.07 Å². The molecule has 1 amide bonds. The van der Waals surface area contributed by atoms with E-state index in [1.807, 2.05) is 30.3 Å². The molecule has 1 fully saturated rings. The van der Waals surface area contributed by atoms with Gasteiger partial charge in [-0.2, -0.15) is 5.26 Å². The third kappa shape index (κ3) is 2.77. The van der Waals surface area contributed by atoms with Crippen LogP contribution in [0.3, 0.4) is 0 Å². The molecule has 1 aromatic carbocycles. The Labute approximate surface area is 113 Å². The van der Waals surface area contributed by atoms with Crippen molar-refractivity contribution in [2.75, 3.05) is 6.61 Å². The molecule has 1 saturated carbocycles. The topological polar surface area (TPSA) is 73.1 Å². The van der Waals surface area contributed by atoms with E-state index in [-0.39, 0.29) is 12.5 Å². The van der Waals surface area contributed by atoms with Crippen LogP contribution in [-0.4, -0.2) is 17.6 Å². The quantitative estimate of drug-likeness (QED) is 0.866. The number of benzene rings is 1. The average Bonchev–Trinajstić information content (AvgIpc) is 2.95. The van der Waals surface area contributed by atoms with Gasteiger partial charge in [-0.25, -0.2) is 0 Å². The van der Waals surface area contributed by atoms with Crippen LogP contribution < -0.4 is 5.32 Å². The molecule has 0 aliphatic heterocycles. The lowest BCUT2D eigenvalue weighted by Crippen LogP contribution is -2.41. The minimum atomic E-state index is -0.901. The fourth-order valence-electron chi connectivity index (χ4n) is 2.58. The number of aliphatic hydroxyl groups is 1. The standard InChI is InChI=1S/C15H18N2O2/c16-11-15(8-4-5-9-15)14(19)17-13(10-18)12-6-2-1-3-7-12/h1-3,6-7,13,18H,4-5,8-10H2,(H,17,19)/t13-/m1/s1. The third-order valence-electron chi connectivity index (χ3n) is 3.80. The van der Waals surface area contributed by atoms with Gasteiger partial charge >= 0.3 is 0 Å². The summed E-state index contributed by atoms with van der Waals surface area (Å²) < 4.78 is 0. The minimum absolute atomic E-state index is 0.169. The van der Waals surface area contributed by atoms with Crippen LogP contribution in [0.5, 0.6) is 0 Å². The Morgan fingerprint density at radius 1 is 1.37 bits per heavy atom. The van der Waals surface area contributed by atoms with E-state index < -0.39 is 11.5 Å². The maximum absolute atomic E-state index is 12.3. The van der Waals surface area contributed by atoms with E-state index >= 15 is 0 Å². The molecule has 0 aromatic heterocycles. The van der Waals surface area contributed by atoms with Crippen LogP contribution in [0.15, 0.2) is 30.3 Å². The van der Waals surface area contributed by atoms with Gasteiger partial charge in [0.05, 0.1) is 18.7 Å². The van der Waals surface area contributed by atoms with Crippen LogP contribution in [0.1, 0.15) is 37.3 Å². The van der Waals surface area contributed by atoms with E-state index in [1.165, 1.54) is 0 Å². The molecule has 1 atom stereocenters. The van der Waals surface area contributed by atoms with Crippen molar-refractivity contribution in [1.82, 2.24) is 5.32 Å². The third-order valence-corrected chi connectivity index (χ3v) is 3.80. The van der Waals surface area contributed by atoms with Crippen LogP contribution in [0, 0.1) is 16.7 Å². The lowest BCUT2D eigenvalue weighted by atomic mass is 9.86. The zero-order valence-electron chi connectivity index (χ0n) is 10.8. The van der Waals surface area contributed by atoms with Gasteiger partial charge < -0.3 is 10.4 Å². The number of rotatable bonds is 4. The molecule has 2 rings (SSSR count). The summed E-state index contributed by atoms with van der Waals surface area (Å²) in [6.45, 7) is -0.169. The maximum Gasteiger partial charge on any atom is 0.241 e. The Bertz CT molecular complexity index is 473. The Balaban J connectivity index is 2.11. The van der Waals surface area contributed by atoms with Crippen molar-refractivity contribution in [3.63, 3.8) is 0 Å². The van der Waals surface area contributed by atoms with Gasteiger partial charge in [-0.05, 0) is 18.4 Å². The molecule has 0 saturated heterocycles. The molecule has 4 nitrogen and oxygen atoms in total. The van der Waals surface area contributed by atoms with Gasteiger partial charge in [0, 0.05) is 0 Å². The minimum Gasteiger partial charge on any atom is -0.394 e. The van der Waals surface area contributed by atoms with Crippen molar-refractivity contribution < 1.29 is 9.90 Å². The first-order valence-electron chi connectivity index (χ1n) is 6.60. The van der Waals surface area contributed by atoms with E-state index in [0.29, 0.717) is 12.8 Å². The number of nitriles is 1. The van der Waals surface area contributed by atoms with Gasteiger partial charge in [-0.1, -0.05) is 43.2 Å². The fourth-order valence-corrected chi connectivity index (χ4v) is 2.58. The second-order valence-electron chi connectivity index (χ2n) is 5.02. The second kappa shape index (κ2) is 5.85. The van der Waals surface area contributed by atoms with Gasteiger partial charge in [0.25, 0.3) is 0 Å². The summed E-state index contributed by atoms with van der Waals surface area (Å²) >= 11 is 0. The SMILES string of the molecule is N#CC1(C(=O)N[C@H](CO)c2ccccc2)CCCC1. The molecule has 0 spiro atoms. The first-order chi connectivity index (χ1) is 9.22. The van der Waals surface area contributed by atoms with Crippen LogP contribution in [-0.2, 0) is 4.79 Å². The Kier molecular flexibility index (Phi) is 4.18. The van der Waals surface area contributed by atoms with Crippen molar-refractivity contribution in [2.24, 2.45) is 5.41 Å². The number of carbonyl (C=O) groups is 1. The number of hydrogen-bond acceptors (Lipinski definition) is 3. The Hall–Kier alpha value is -1.86. The lowest BCUT2D eigenvalue weighted by molar-refractivity contribution is -0.129. The first-order valence-corrected chi connectivity index (χ1v) is 6.60. The van der Waals surface area contributed by atoms with Crippen LogP contribution >= 0.6 is 0 Å². The first kappa shape index (κ1) is 13.6. The summed E-state index contributed by atoms with van der Waals surface area (Å²) in [5, 5.41) is 21.5. The van der Waals surface area contributed by atoms with Crippen LogP contribution in [0.4, 0.5) is 0 Å². The van der Waals surface area contributed by atoms with Crippen molar-refractivity contribution >= 4 is 5.91 Å². The molecular weight excluding hydrogens is 240 g/mol. The lowest BCUT2D eigenvalue weighted by Gasteiger charge is -2.24. The van der Waals surface area contributed by atoms with Crippen LogP contribution in [0.2, 0.25) is 0 Å². The van der Waals surface area contributed by atoms with Crippen LogP contribution in [0.25, 0.3) is 0 Å². The van der Waals surface area contributed by atoms with Gasteiger partial charge in [0.1, 0.15) is 5.41 Å². The molecular formula is C15H18N2O2. The normalized spacial score (nSPS) is 18.5. The predicted molar refractivity (Wildman–Crippen MR) is 70.9 cm³/mol. The van der Waals surface area contributed by atoms with E-state index in [0.717, 1.165) is 18.4 Å². The smallest absolute Gasteiger partial charge is 0.241 e. The van der Waals surface area contributed by atoms with E-state index in [9.17, 15) is 15.2 Å². The van der Waals surface area contributed by atoms with Crippen molar-refractivity contribution in [3.05, 3.63) is 35.9 Å². The average molecular weight is 258 g/mol. The molecule has 100 valence electrons. The van der Waals surface area contributed by atoms with Crippen molar-refractivity contribution in [1.29, 1.82) is 5.26 Å². The molecule has 4 heteroatoms. The molecule has 2 N–H and O–H groups in total. The number of nitrogens with one attached hydrogen (secondary N) is 1. The highest BCUT2D eigenvalue weighted by Gasteiger charge is 2.42. The summed E-state index contributed by atoms with van der Waals surface area (Å²) in [6.07, 6.45) is 3.05. The van der Waals surface area contributed by atoms with Gasteiger partial charge in [-0.3, -0.25) is 4.79 Å². The number of aliphatic hydroxyl groups excluding tert-OH is 1. The molecule has 1 aliphatic rings. The number of hydrogen-bond donors (Lipinski definition) is 2. The summed E-state index contributed by atoms with van der Waals surface area (Å²) in [5.74, 6) is -0.254. The highest BCUT2D eigenvalue weighted by Crippen LogP contribution is 2.38. The second-order valence-corrected chi connectivity index (χ2v) is 5.02. The van der Waals surface area contributed by atoms with E-state index in [2.05, 4.69) is 11.4 Å². The summed E-state index contributed by atoms with van der Waals surface area (Å²) in [4.78, 5) is 12.3. The molecule has 0 heterocycles. The van der Waals surface area contributed by atoms with Gasteiger partial charge in [0.15, 0.2) is 0 Å². The highest BCUT2D eigenvalue weighted by molar-refractivity contribution is 5.86. The monoisotopic (exact) mass is 258 g/mol. The molecule has 0 unspecified atom stereocenters. The summed E-state index contributed by atoms with van der Waals surface area (Å²) in [7, 11) is 0. The van der Waals surface area contributed by atoms with Crippen molar-refractivity contribution in [2.45, 2.75) is 31.7 Å². The highest BCUT2D eigenvalue weighted by atomic mass is 16.3. The maximum atomic E-state index is 12.3. The fraction of sp³-hybridized carbons (Fsp3) is 0.467. The molecule has 1 aromatic rings. The van der Waals surface area contributed by atoms with E-state index in [1.54, 1.807) is 0 Å². The molecule has 19 heavy (non-hydrogen) atoms. The molecule has 0 bridgehead atoms. The number of carbonyl (C=O) groups excluding carboxylic acids is 1. The van der Waals surface area contributed by atoms with E-state index in [4.69, 9.17) is 0 Å². The molecule has 1 aliphatic carbocycles. The predicted octanol–water partition coefficient (Wildman–Crippen LogP) is 1.92. The Morgan fingerprint density at radius 3 is 2.53 bits per heavy atom.